The highest BCUT2D eigenvalue weighted by Crippen LogP contribution is 2.17. The van der Waals surface area contributed by atoms with Crippen LogP contribution in [0.3, 0.4) is 0 Å². The van der Waals surface area contributed by atoms with Crippen LogP contribution < -0.4 is 0 Å². The number of carboxylic acids is 1. The molecule has 1 fully saturated rings. The number of rotatable bonds is 6. The summed E-state index contributed by atoms with van der Waals surface area (Å²) in [5.41, 5.74) is 0. The molecule has 0 spiro atoms. The Labute approximate surface area is 108 Å². The number of hydrogen-bond acceptors (Lipinski definition) is 3. The molecule has 5 nitrogen and oxygen atoms in total. The van der Waals surface area contributed by atoms with E-state index in [-0.39, 0.29) is 18.4 Å². The van der Waals surface area contributed by atoms with Crippen molar-refractivity contribution in [1.29, 1.82) is 0 Å². The van der Waals surface area contributed by atoms with Crippen molar-refractivity contribution in [2.24, 2.45) is 5.92 Å². The van der Waals surface area contributed by atoms with Crippen molar-refractivity contribution in [2.75, 3.05) is 19.8 Å². The molecule has 1 rings (SSSR count). The Kier molecular flexibility index (Phi) is 6.12. The van der Waals surface area contributed by atoms with Crippen molar-refractivity contribution in [3.05, 3.63) is 0 Å². The lowest BCUT2D eigenvalue weighted by Gasteiger charge is -2.35. The lowest BCUT2D eigenvalue weighted by atomic mass is 10.0. The largest absolute Gasteiger partial charge is 0.481 e. The third kappa shape index (κ3) is 4.64. The van der Waals surface area contributed by atoms with Gasteiger partial charge >= 0.3 is 5.97 Å². The zero-order valence-electron chi connectivity index (χ0n) is 11.2. The van der Waals surface area contributed by atoms with Crippen LogP contribution in [0.5, 0.6) is 0 Å². The lowest BCUT2D eigenvalue weighted by Crippen LogP contribution is -2.49. The van der Waals surface area contributed by atoms with Crippen molar-refractivity contribution < 1.29 is 19.4 Å². The number of morpholine rings is 1. The normalized spacial score (nSPS) is 21.7. The fourth-order valence-corrected chi connectivity index (χ4v) is 2.36. The van der Waals surface area contributed by atoms with Gasteiger partial charge in [-0.25, -0.2) is 0 Å². The molecule has 2 unspecified atom stereocenters. The monoisotopic (exact) mass is 257 g/mol. The lowest BCUT2D eigenvalue weighted by molar-refractivity contribution is -0.146. The molecule has 1 aliphatic rings. The van der Waals surface area contributed by atoms with Crippen LogP contribution in [0.2, 0.25) is 0 Å². The number of carboxylic acid groups (broad SMARTS) is 1. The Morgan fingerprint density at radius 3 is 2.83 bits per heavy atom. The Morgan fingerprint density at radius 2 is 2.22 bits per heavy atom. The number of ether oxygens (including phenoxy) is 1. The second kappa shape index (κ2) is 7.36. The first kappa shape index (κ1) is 15.0. The zero-order chi connectivity index (χ0) is 13.5. The van der Waals surface area contributed by atoms with E-state index >= 15 is 0 Å². The molecule has 1 amide bonds. The van der Waals surface area contributed by atoms with Gasteiger partial charge in [0.25, 0.3) is 0 Å². The van der Waals surface area contributed by atoms with E-state index in [1.54, 1.807) is 4.90 Å². The second-order valence-electron chi connectivity index (χ2n) is 5.01. The summed E-state index contributed by atoms with van der Waals surface area (Å²) in [6.07, 6.45) is 2.56. The van der Waals surface area contributed by atoms with Crippen molar-refractivity contribution in [1.82, 2.24) is 4.90 Å². The van der Waals surface area contributed by atoms with Gasteiger partial charge in [0.05, 0.1) is 25.7 Å². The molecule has 2 atom stereocenters. The molecule has 0 radical (unpaired) electrons. The van der Waals surface area contributed by atoms with Gasteiger partial charge < -0.3 is 14.7 Å². The maximum atomic E-state index is 12.2. The van der Waals surface area contributed by atoms with Gasteiger partial charge in [0.2, 0.25) is 5.91 Å². The van der Waals surface area contributed by atoms with Gasteiger partial charge in [-0.1, -0.05) is 26.7 Å². The standard InChI is InChI=1S/C13H23NO4/c1-3-4-10(2)7-12(15)14-5-6-18-9-11(14)8-13(16)17/h10-11H,3-9H2,1-2H3,(H,16,17). The van der Waals surface area contributed by atoms with Crippen LogP contribution >= 0.6 is 0 Å². The molecule has 104 valence electrons. The molecule has 1 heterocycles. The van der Waals surface area contributed by atoms with Crippen LogP contribution in [0, 0.1) is 5.92 Å². The number of nitrogens with zero attached hydrogens (tertiary/aromatic N) is 1. The summed E-state index contributed by atoms with van der Waals surface area (Å²) in [6.45, 7) is 5.51. The molecule has 0 aliphatic carbocycles. The molecule has 0 bridgehead atoms. The number of hydrogen-bond donors (Lipinski definition) is 1. The van der Waals surface area contributed by atoms with Crippen LogP contribution in [0.25, 0.3) is 0 Å². The molecule has 0 aromatic carbocycles. The quantitative estimate of drug-likeness (QED) is 0.783. The average molecular weight is 257 g/mol. The highest BCUT2D eigenvalue weighted by Gasteiger charge is 2.29. The van der Waals surface area contributed by atoms with Crippen molar-refractivity contribution in [3.8, 4) is 0 Å². The summed E-state index contributed by atoms with van der Waals surface area (Å²) in [4.78, 5) is 24.6. The minimum absolute atomic E-state index is 0.0338. The van der Waals surface area contributed by atoms with Gasteiger partial charge in [0, 0.05) is 13.0 Å². The smallest absolute Gasteiger partial charge is 0.305 e. The number of carbonyl (C=O) groups is 2. The Balaban J connectivity index is 2.54. The summed E-state index contributed by atoms with van der Waals surface area (Å²) in [6, 6.07) is -0.308. The Morgan fingerprint density at radius 1 is 1.50 bits per heavy atom. The molecule has 0 saturated carbocycles. The second-order valence-corrected chi connectivity index (χ2v) is 5.01. The number of aliphatic carboxylic acids is 1. The summed E-state index contributed by atoms with van der Waals surface area (Å²) in [5.74, 6) is -0.466. The van der Waals surface area contributed by atoms with Gasteiger partial charge in [-0.2, -0.15) is 0 Å². The van der Waals surface area contributed by atoms with Gasteiger partial charge in [-0.3, -0.25) is 9.59 Å². The van der Waals surface area contributed by atoms with Gasteiger partial charge in [0.1, 0.15) is 0 Å². The van der Waals surface area contributed by atoms with Gasteiger partial charge in [0.15, 0.2) is 0 Å². The fraction of sp³-hybridized carbons (Fsp3) is 0.846. The van der Waals surface area contributed by atoms with Crippen LogP contribution in [-0.2, 0) is 14.3 Å². The first-order valence-corrected chi connectivity index (χ1v) is 6.63. The third-order valence-electron chi connectivity index (χ3n) is 3.26. The van der Waals surface area contributed by atoms with E-state index in [0.717, 1.165) is 12.8 Å². The molecule has 0 aromatic heterocycles. The molecular weight excluding hydrogens is 234 g/mol. The Bertz CT molecular complexity index is 293. The van der Waals surface area contributed by atoms with Crippen LogP contribution in [0.15, 0.2) is 0 Å². The highest BCUT2D eigenvalue weighted by atomic mass is 16.5. The van der Waals surface area contributed by atoms with Crippen molar-refractivity contribution in [3.63, 3.8) is 0 Å². The van der Waals surface area contributed by atoms with E-state index in [1.165, 1.54) is 0 Å². The van der Waals surface area contributed by atoms with E-state index in [2.05, 4.69) is 13.8 Å². The van der Waals surface area contributed by atoms with E-state index < -0.39 is 5.97 Å². The van der Waals surface area contributed by atoms with Gasteiger partial charge in [-0.05, 0) is 5.92 Å². The van der Waals surface area contributed by atoms with E-state index in [0.29, 0.717) is 32.1 Å². The topological polar surface area (TPSA) is 66.8 Å². The summed E-state index contributed by atoms with van der Waals surface area (Å²) in [5, 5.41) is 8.84. The van der Waals surface area contributed by atoms with Crippen LogP contribution in [0.1, 0.15) is 39.5 Å². The highest BCUT2D eigenvalue weighted by molar-refractivity contribution is 5.78. The van der Waals surface area contributed by atoms with Gasteiger partial charge in [-0.15, -0.1) is 0 Å². The summed E-state index contributed by atoms with van der Waals surface area (Å²) < 4.78 is 5.26. The van der Waals surface area contributed by atoms with E-state index in [9.17, 15) is 9.59 Å². The predicted octanol–water partition coefficient (Wildman–Crippen LogP) is 1.51. The summed E-state index contributed by atoms with van der Waals surface area (Å²) >= 11 is 0. The molecule has 18 heavy (non-hydrogen) atoms. The fourth-order valence-electron chi connectivity index (χ4n) is 2.36. The van der Waals surface area contributed by atoms with E-state index in [4.69, 9.17) is 9.84 Å². The molecule has 1 aliphatic heterocycles. The van der Waals surface area contributed by atoms with Crippen molar-refractivity contribution >= 4 is 11.9 Å². The number of carbonyl (C=O) groups excluding carboxylic acids is 1. The van der Waals surface area contributed by atoms with Crippen LogP contribution in [-0.4, -0.2) is 47.7 Å². The van der Waals surface area contributed by atoms with E-state index in [1.807, 2.05) is 0 Å². The third-order valence-corrected chi connectivity index (χ3v) is 3.26. The minimum Gasteiger partial charge on any atom is -0.481 e. The minimum atomic E-state index is -0.884. The summed E-state index contributed by atoms with van der Waals surface area (Å²) in [7, 11) is 0. The average Bonchev–Trinajstić information content (AvgIpc) is 2.28. The van der Waals surface area contributed by atoms with Crippen LogP contribution in [0.4, 0.5) is 0 Å². The predicted molar refractivity (Wildman–Crippen MR) is 67.3 cm³/mol. The molecule has 1 saturated heterocycles. The van der Waals surface area contributed by atoms with Crippen molar-refractivity contribution in [2.45, 2.75) is 45.6 Å². The Hall–Kier alpha value is -1.10. The molecule has 0 aromatic rings. The maximum Gasteiger partial charge on any atom is 0.305 e. The number of amides is 1. The first-order chi connectivity index (χ1) is 8.54. The first-order valence-electron chi connectivity index (χ1n) is 6.63. The maximum absolute atomic E-state index is 12.2. The SMILES string of the molecule is CCCC(C)CC(=O)N1CCOCC1CC(=O)O. The zero-order valence-corrected chi connectivity index (χ0v) is 11.2. The molecule has 1 N–H and O–H groups in total. The molecule has 5 heteroatoms. The molecular formula is C13H23NO4.